The number of carbonyl (C=O) groups excluding carboxylic acids is 1. The van der Waals surface area contributed by atoms with E-state index in [9.17, 15) is 4.79 Å². The normalized spacial score (nSPS) is 15.3. The molecule has 0 bridgehead atoms. The van der Waals surface area contributed by atoms with Gasteiger partial charge in [0, 0.05) is 25.0 Å². The number of amides is 1. The Kier molecular flexibility index (Phi) is 6.13. The molecule has 0 aliphatic heterocycles. The molecule has 134 valence electrons. The van der Waals surface area contributed by atoms with Crippen LogP contribution in [0.3, 0.4) is 0 Å². The van der Waals surface area contributed by atoms with Crippen molar-refractivity contribution in [1.82, 2.24) is 14.9 Å². The Balaban J connectivity index is 1.68. The van der Waals surface area contributed by atoms with Crippen molar-refractivity contribution < 1.29 is 4.79 Å². The molecule has 1 aromatic carbocycles. The third kappa shape index (κ3) is 4.42. The molecule has 1 saturated carbocycles. The monoisotopic (exact) mass is 358 g/mol. The third-order valence-electron chi connectivity index (χ3n) is 4.77. The number of aromatic nitrogens is 2. The lowest BCUT2D eigenvalue weighted by Crippen LogP contribution is -2.39. The maximum atomic E-state index is 12.5. The summed E-state index contributed by atoms with van der Waals surface area (Å²) in [7, 11) is 1.93. The number of para-hydroxylation sites is 1. The second-order valence-corrected chi connectivity index (χ2v) is 7.43. The number of nitrogens with one attached hydrogen (secondary N) is 1. The zero-order valence-corrected chi connectivity index (χ0v) is 15.8. The van der Waals surface area contributed by atoms with Crippen LogP contribution in [-0.4, -0.2) is 46.2 Å². The zero-order chi connectivity index (χ0) is 17.6. The second kappa shape index (κ2) is 8.52. The number of thioether (sulfide) groups is 1. The molecule has 1 aromatic heterocycles. The molecule has 0 saturated heterocycles. The van der Waals surface area contributed by atoms with Crippen LogP contribution in [0.5, 0.6) is 0 Å². The van der Waals surface area contributed by atoms with Gasteiger partial charge in [-0.05, 0) is 31.9 Å². The van der Waals surface area contributed by atoms with Crippen molar-refractivity contribution in [2.75, 3.05) is 24.7 Å². The molecule has 1 N–H and O–H groups in total. The van der Waals surface area contributed by atoms with E-state index in [2.05, 4.69) is 15.3 Å². The minimum Gasteiger partial charge on any atom is -0.370 e. The minimum atomic E-state index is 0.165. The van der Waals surface area contributed by atoms with E-state index >= 15 is 0 Å². The molecule has 1 aliphatic rings. The van der Waals surface area contributed by atoms with Crippen LogP contribution < -0.4 is 5.32 Å². The van der Waals surface area contributed by atoms with Crippen LogP contribution in [0, 0.1) is 0 Å². The van der Waals surface area contributed by atoms with Crippen molar-refractivity contribution in [2.24, 2.45) is 0 Å². The fourth-order valence-corrected chi connectivity index (χ4v) is 4.10. The predicted molar refractivity (Wildman–Crippen MR) is 104 cm³/mol. The fraction of sp³-hybridized carbons (Fsp3) is 0.526. The first-order chi connectivity index (χ1) is 12.2. The molecule has 6 heteroatoms. The summed E-state index contributed by atoms with van der Waals surface area (Å²) in [5, 5.41) is 4.96. The van der Waals surface area contributed by atoms with Gasteiger partial charge in [-0.3, -0.25) is 4.79 Å². The molecular formula is C19H26N4OS. The first kappa shape index (κ1) is 18.0. The van der Waals surface area contributed by atoms with Crippen molar-refractivity contribution in [2.45, 2.75) is 50.2 Å². The minimum absolute atomic E-state index is 0.165. The topological polar surface area (TPSA) is 58.1 Å². The molecule has 1 amide bonds. The van der Waals surface area contributed by atoms with Gasteiger partial charge in [-0.2, -0.15) is 0 Å². The molecule has 1 fully saturated rings. The molecule has 1 aliphatic carbocycles. The van der Waals surface area contributed by atoms with Crippen LogP contribution >= 0.6 is 11.8 Å². The van der Waals surface area contributed by atoms with E-state index < -0.39 is 0 Å². The summed E-state index contributed by atoms with van der Waals surface area (Å²) in [6.07, 6.45) is 6.02. The Bertz CT molecular complexity index is 730. The van der Waals surface area contributed by atoms with E-state index in [1.54, 1.807) is 0 Å². The van der Waals surface area contributed by atoms with Crippen LogP contribution in [0.25, 0.3) is 10.9 Å². The van der Waals surface area contributed by atoms with E-state index in [0.29, 0.717) is 17.0 Å². The fourth-order valence-electron chi connectivity index (χ4n) is 3.32. The van der Waals surface area contributed by atoms with E-state index in [4.69, 9.17) is 0 Å². The van der Waals surface area contributed by atoms with Gasteiger partial charge in [0.1, 0.15) is 5.82 Å². The van der Waals surface area contributed by atoms with Crippen molar-refractivity contribution >= 4 is 34.4 Å². The molecule has 0 spiro atoms. The Morgan fingerprint density at radius 1 is 1.24 bits per heavy atom. The molecule has 0 unspecified atom stereocenters. The summed E-state index contributed by atoms with van der Waals surface area (Å²) in [5.41, 5.74) is 0.907. The van der Waals surface area contributed by atoms with Gasteiger partial charge in [-0.15, -0.1) is 0 Å². The summed E-state index contributed by atoms with van der Waals surface area (Å²) < 4.78 is 0. The molecule has 1 heterocycles. The smallest absolute Gasteiger partial charge is 0.233 e. The van der Waals surface area contributed by atoms with Gasteiger partial charge in [0.05, 0.1) is 11.3 Å². The highest BCUT2D eigenvalue weighted by Gasteiger charge is 2.22. The summed E-state index contributed by atoms with van der Waals surface area (Å²) >= 11 is 1.42. The van der Waals surface area contributed by atoms with Gasteiger partial charge < -0.3 is 10.2 Å². The van der Waals surface area contributed by atoms with Gasteiger partial charge in [0.15, 0.2) is 5.16 Å². The van der Waals surface area contributed by atoms with E-state index in [1.165, 1.54) is 31.0 Å². The molecule has 5 nitrogen and oxygen atoms in total. The quantitative estimate of drug-likeness (QED) is 0.626. The summed E-state index contributed by atoms with van der Waals surface area (Å²) in [5.74, 6) is 1.39. The molecule has 3 rings (SSSR count). The lowest BCUT2D eigenvalue weighted by atomic mass is 9.94. The van der Waals surface area contributed by atoms with Crippen LogP contribution in [0.1, 0.15) is 39.0 Å². The molecule has 0 atom stereocenters. The summed E-state index contributed by atoms with van der Waals surface area (Å²) in [4.78, 5) is 23.7. The number of hydrogen-bond acceptors (Lipinski definition) is 5. The van der Waals surface area contributed by atoms with Gasteiger partial charge in [-0.25, -0.2) is 9.97 Å². The molecule has 25 heavy (non-hydrogen) atoms. The summed E-state index contributed by atoms with van der Waals surface area (Å²) in [6, 6.07) is 8.36. The van der Waals surface area contributed by atoms with E-state index in [1.807, 2.05) is 43.1 Å². The number of anilines is 1. The number of carbonyl (C=O) groups is 1. The van der Waals surface area contributed by atoms with Crippen LogP contribution in [-0.2, 0) is 4.79 Å². The van der Waals surface area contributed by atoms with Crippen LogP contribution in [0.2, 0.25) is 0 Å². The van der Waals surface area contributed by atoms with Crippen molar-refractivity contribution in [3.8, 4) is 0 Å². The van der Waals surface area contributed by atoms with E-state index in [-0.39, 0.29) is 5.91 Å². The van der Waals surface area contributed by atoms with Crippen molar-refractivity contribution in [1.29, 1.82) is 0 Å². The Morgan fingerprint density at radius 3 is 2.76 bits per heavy atom. The largest absolute Gasteiger partial charge is 0.370 e. The average molecular weight is 359 g/mol. The predicted octanol–water partition coefficient (Wildman–Crippen LogP) is 3.94. The highest BCUT2D eigenvalue weighted by Crippen LogP contribution is 2.26. The maximum absolute atomic E-state index is 12.5. The Morgan fingerprint density at radius 2 is 2.00 bits per heavy atom. The SMILES string of the molecule is CCNc1nc(SCC(=O)N(C)C2CCCCC2)nc2ccccc12. The number of benzene rings is 1. The first-order valence-corrected chi connectivity index (χ1v) is 10.1. The zero-order valence-electron chi connectivity index (χ0n) is 15.0. The standard InChI is InChI=1S/C19H26N4OS/c1-3-20-18-15-11-7-8-12-16(15)21-19(22-18)25-13-17(24)23(2)14-9-5-4-6-10-14/h7-8,11-12,14H,3-6,9-10,13H2,1-2H3,(H,20,21,22). The number of nitrogens with zero attached hydrogens (tertiary/aromatic N) is 3. The molecule has 0 radical (unpaired) electrons. The van der Waals surface area contributed by atoms with Crippen molar-refractivity contribution in [3.05, 3.63) is 24.3 Å². The lowest BCUT2D eigenvalue weighted by Gasteiger charge is -2.31. The highest BCUT2D eigenvalue weighted by molar-refractivity contribution is 7.99. The van der Waals surface area contributed by atoms with Crippen molar-refractivity contribution in [3.63, 3.8) is 0 Å². The van der Waals surface area contributed by atoms with Gasteiger partial charge in [0.2, 0.25) is 5.91 Å². The van der Waals surface area contributed by atoms with Crippen LogP contribution in [0.15, 0.2) is 29.4 Å². The van der Waals surface area contributed by atoms with E-state index in [0.717, 1.165) is 36.1 Å². The Hall–Kier alpha value is -1.82. The second-order valence-electron chi connectivity index (χ2n) is 6.49. The maximum Gasteiger partial charge on any atom is 0.233 e. The van der Waals surface area contributed by atoms with Gasteiger partial charge >= 0.3 is 0 Å². The highest BCUT2D eigenvalue weighted by atomic mass is 32.2. The number of rotatable bonds is 6. The lowest BCUT2D eigenvalue weighted by molar-refractivity contribution is -0.129. The number of hydrogen-bond donors (Lipinski definition) is 1. The first-order valence-electron chi connectivity index (χ1n) is 9.08. The Labute approximate surface area is 153 Å². The van der Waals surface area contributed by atoms with Crippen LogP contribution in [0.4, 0.5) is 5.82 Å². The molecular weight excluding hydrogens is 332 g/mol. The van der Waals surface area contributed by atoms with Gasteiger partial charge in [0.25, 0.3) is 0 Å². The number of fused-ring (bicyclic) bond motifs is 1. The average Bonchev–Trinajstić information content (AvgIpc) is 2.66. The summed E-state index contributed by atoms with van der Waals surface area (Å²) in [6.45, 7) is 2.85. The van der Waals surface area contributed by atoms with Gasteiger partial charge in [-0.1, -0.05) is 43.2 Å². The molecule has 2 aromatic rings. The third-order valence-corrected chi connectivity index (χ3v) is 5.60.